The molecule has 0 saturated heterocycles. The highest BCUT2D eigenvalue weighted by Crippen LogP contribution is 2.23. The van der Waals surface area contributed by atoms with E-state index in [1.807, 2.05) is 31.2 Å². The Morgan fingerprint density at radius 3 is 2.22 bits per heavy atom. The number of halogens is 2. The summed E-state index contributed by atoms with van der Waals surface area (Å²) in [5.41, 5.74) is 1.78. The van der Waals surface area contributed by atoms with Crippen LogP contribution in [0.5, 0.6) is 5.75 Å². The van der Waals surface area contributed by atoms with E-state index in [4.69, 9.17) is 16.3 Å². The van der Waals surface area contributed by atoms with Gasteiger partial charge in [0.2, 0.25) is 9.84 Å². The minimum absolute atomic E-state index is 0. The van der Waals surface area contributed by atoms with E-state index >= 15 is 0 Å². The van der Waals surface area contributed by atoms with Gasteiger partial charge in [-0.3, -0.25) is 0 Å². The lowest BCUT2D eigenvalue weighted by Gasteiger charge is -2.13. The summed E-state index contributed by atoms with van der Waals surface area (Å²) in [5, 5.41) is 14.0. The minimum atomic E-state index is -3.57. The van der Waals surface area contributed by atoms with Gasteiger partial charge in [-0.1, -0.05) is 35.9 Å². The van der Waals surface area contributed by atoms with E-state index in [9.17, 15) is 13.5 Å². The second-order valence-electron chi connectivity index (χ2n) is 7.08. The lowest BCUT2D eigenvalue weighted by atomic mass is 10.1. The van der Waals surface area contributed by atoms with Crippen LogP contribution in [-0.4, -0.2) is 33.2 Å². The van der Waals surface area contributed by atoms with Gasteiger partial charge in [-0.25, -0.2) is 8.42 Å². The van der Waals surface area contributed by atoms with Crippen LogP contribution in [0.2, 0.25) is 5.02 Å². The molecule has 3 aromatic rings. The maximum absolute atomic E-state index is 12.8. The number of ether oxygens (including phenoxy) is 1. The molecule has 3 aromatic carbocycles. The SMILES string of the molecule is CCOc1ccc(S(=O)(=O)c2ccc(CCNC[C@H](O)c3cccc(Cl)c3)cc2)cc1.Cl. The molecule has 1 atom stereocenters. The molecule has 0 aliphatic carbocycles. The summed E-state index contributed by atoms with van der Waals surface area (Å²) in [6, 6.07) is 20.5. The second kappa shape index (κ2) is 12.2. The van der Waals surface area contributed by atoms with Crippen molar-refractivity contribution in [2.75, 3.05) is 19.7 Å². The quantitative estimate of drug-likeness (QED) is 0.392. The predicted molar refractivity (Wildman–Crippen MR) is 130 cm³/mol. The first kappa shape index (κ1) is 26.2. The predicted octanol–water partition coefficient (Wildman–Crippen LogP) is 4.86. The van der Waals surface area contributed by atoms with Crippen LogP contribution in [0.15, 0.2) is 82.6 Å². The van der Waals surface area contributed by atoms with Crippen LogP contribution in [0.25, 0.3) is 0 Å². The Morgan fingerprint density at radius 2 is 1.62 bits per heavy atom. The number of aliphatic hydroxyl groups is 1. The summed E-state index contributed by atoms with van der Waals surface area (Å²) in [6.07, 6.45) is 0.0754. The van der Waals surface area contributed by atoms with Crippen molar-refractivity contribution in [1.82, 2.24) is 5.32 Å². The zero-order chi connectivity index (χ0) is 22.3. The van der Waals surface area contributed by atoms with Crippen LogP contribution in [0, 0.1) is 0 Å². The summed E-state index contributed by atoms with van der Waals surface area (Å²) in [5.74, 6) is 0.643. The van der Waals surface area contributed by atoms with Crippen LogP contribution in [0.1, 0.15) is 24.2 Å². The lowest BCUT2D eigenvalue weighted by molar-refractivity contribution is 0.175. The van der Waals surface area contributed by atoms with E-state index in [0.717, 1.165) is 11.1 Å². The Kier molecular flexibility index (Phi) is 10.0. The number of sulfone groups is 1. The molecule has 2 N–H and O–H groups in total. The van der Waals surface area contributed by atoms with Gasteiger partial charge in [0.25, 0.3) is 0 Å². The first-order valence-corrected chi connectivity index (χ1v) is 12.0. The summed E-state index contributed by atoms with van der Waals surface area (Å²) in [7, 11) is -3.57. The lowest BCUT2D eigenvalue weighted by Crippen LogP contribution is -2.23. The van der Waals surface area contributed by atoms with Gasteiger partial charge in [0, 0.05) is 11.6 Å². The van der Waals surface area contributed by atoms with Gasteiger partial charge < -0.3 is 15.2 Å². The fraction of sp³-hybridized carbons (Fsp3) is 0.250. The molecular formula is C24H27Cl2NO4S. The van der Waals surface area contributed by atoms with Crippen molar-refractivity contribution in [3.05, 3.63) is 88.9 Å². The smallest absolute Gasteiger partial charge is 0.206 e. The van der Waals surface area contributed by atoms with Gasteiger partial charge >= 0.3 is 0 Å². The number of hydrogen-bond donors (Lipinski definition) is 2. The van der Waals surface area contributed by atoms with Crippen LogP contribution in [0.3, 0.4) is 0 Å². The molecule has 0 amide bonds. The van der Waals surface area contributed by atoms with Crippen molar-refractivity contribution >= 4 is 33.8 Å². The van der Waals surface area contributed by atoms with E-state index < -0.39 is 15.9 Å². The standard InChI is InChI=1S/C24H26ClNO4S.ClH/c1-2-30-21-8-12-23(13-9-21)31(28,29)22-10-6-18(7-11-22)14-15-26-17-24(27)19-4-3-5-20(25)16-19;/h3-13,16,24,26-27H,2,14-15,17H2,1H3;1H/t24-;/m0./s1. The fourth-order valence-corrected chi connectivity index (χ4v) is 4.62. The van der Waals surface area contributed by atoms with E-state index in [1.54, 1.807) is 48.5 Å². The fourth-order valence-electron chi connectivity index (χ4n) is 3.16. The molecule has 5 nitrogen and oxygen atoms in total. The Hall–Kier alpha value is -2.09. The van der Waals surface area contributed by atoms with Gasteiger partial charge in [-0.05, 0) is 79.5 Å². The third-order valence-electron chi connectivity index (χ3n) is 4.84. The van der Waals surface area contributed by atoms with Crippen molar-refractivity contribution < 1.29 is 18.3 Å². The summed E-state index contributed by atoms with van der Waals surface area (Å²) < 4.78 is 31.0. The van der Waals surface area contributed by atoms with Crippen molar-refractivity contribution in [2.24, 2.45) is 0 Å². The molecule has 0 spiro atoms. The Morgan fingerprint density at radius 1 is 1.00 bits per heavy atom. The van der Waals surface area contributed by atoms with Crippen LogP contribution >= 0.6 is 24.0 Å². The topological polar surface area (TPSA) is 75.6 Å². The molecule has 0 bridgehead atoms. The second-order valence-corrected chi connectivity index (χ2v) is 9.46. The highest BCUT2D eigenvalue weighted by atomic mass is 35.5. The number of nitrogens with one attached hydrogen (secondary N) is 1. The van der Waals surface area contributed by atoms with Crippen molar-refractivity contribution in [2.45, 2.75) is 29.2 Å². The Bertz CT molecular complexity index is 1090. The molecule has 32 heavy (non-hydrogen) atoms. The molecule has 0 unspecified atom stereocenters. The normalized spacial score (nSPS) is 12.1. The molecular weight excluding hydrogens is 469 g/mol. The van der Waals surface area contributed by atoms with Gasteiger partial charge in [0.1, 0.15) is 5.75 Å². The average molecular weight is 496 g/mol. The third-order valence-corrected chi connectivity index (χ3v) is 6.86. The van der Waals surface area contributed by atoms with Crippen LogP contribution in [-0.2, 0) is 16.3 Å². The number of aliphatic hydroxyl groups excluding tert-OH is 1. The average Bonchev–Trinajstić information content (AvgIpc) is 2.77. The Labute approximate surface area is 200 Å². The van der Waals surface area contributed by atoms with Crippen LogP contribution < -0.4 is 10.1 Å². The highest BCUT2D eigenvalue weighted by molar-refractivity contribution is 7.91. The third kappa shape index (κ3) is 6.95. The summed E-state index contributed by atoms with van der Waals surface area (Å²) >= 11 is 5.95. The minimum Gasteiger partial charge on any atom is -0.494 e. The van der Waals surface area contributed by atoms with E-state index in [-0.39, 0.29) is 22.2 Å². The van der Waals surface area contributed by atoms with Gasteiger partial charge in [-0.2, -0.15) is 0 Å². The zero-order valence-corrected chi connectivity index (χ0v) is 20.1. The summed E-state index contributed by atoms with van der Waals surface area (Å²) in [4.78, 5) is 0.491. The van der Waals surface area contributed by atoms with Gasteiger partial charge in [-0.15, -0.1) is 12.4 Å². The van der Waals surface area contributed by atoms with E-state index in [2.05, 4.69) is 5.32 Å². The maximum Gasteiger partial charge on any atom is 0.206 e. The number of rotatable bonds is 10. The molecule has 0 heterocycles. The monoisotopic (exact) mass is 495 g/mol. The molecule has 0 aromatic heterocycles. The van der Waals surface area contributed by atoms with Gasteiger partial charge in [0.05, 0.1) is 22.5 Å². The van der Waals surface area contributed by atoms with Crippen LogP contribution in [0.4, 0.5) is 0 Å². The largest absolute Gasteiger partial charge is 0.494 e. The van der Waals surface area contributed by atoms with E-state index in [0.29, 0.717) is 36.9 Å². The molecule has 0 fully saturated rings. The molecule has 3 rings (SSSR count). The zero-order valence-electron chi connectivity index (χ0n) is 17.7. The molecule has 0 aliphatic rings. The van der Waals surface area contributed by atoms with Gasteiger partial charge in [0.15, 0.2) is 0 Å². The molecule has 0 saturated carbocycles. The highest BCUT2D eigenvalue weighted by Gasteiger charge is 2.17. The van der Waals surface area contributed by atoms with Crippen molar-refractivity contribution in [1.29, 1.82) is 0 Å². The molecule has 8 heteroatoms. The molecule has 0 radical (unpaired) electrons. The first-order valence-electron chi connectivity index (χ1n) is 10.1. The van der Waals surface area contributed by atoms with Crippen molar-refractivity contribution in [3.63, 3.8) is 0 Å². The van der Waals surface area contributed by atoms with Crippen molar-refractivity contribution in [3.8, 4) is 5.75 Å². The molecule has 0 aliphatic heterocycles. The van der Waals surface area contributed by atoms with E-state index in [1.165, 1.54) is 0 Å². The number of benzene rings is 3. The maximum atomic E-state index is 12.8. The Balaban J connectivity index is 0.00000363. The first-order chi connectivity index (χ1) is 14.9. The summed E-state index contributed by atoms with van der Waals surface area (Å²) in [6.45, 7) is 3.47. The number of hydrogen-bond acceptors (Lipinski definition) is 5. The molecule has 172 valence electrons.